The standard InChI is InChI=1S/C12H18.C11H16.2C5H12.2C2H6/c1-12(2,3)10-9-11-7-5-4-6-8-11;1-11(2,3)9-10-7-5-4-6-8-10;2*1-5(2,3)4;2*1-2/h4-8H,9-10H2,1-3H3;4-8H,9H2,1-3H3;2*1-4H3;2*1-2H3. The van der Waals surface area contributed by atoms with Crippen LogP contribution in [0.2, 0.25) is 0 Å². The zero-order valence-electron chi connectivity index (χ0n) is 28.9. The van der Waals surface area contributed by atoms with Gasteiger partial charge in [0, 0.05) is 0 Å². The van der Waals surface area contributed by atoms with Gasteiger partial charge in [-0.2, -0.15) is 0 Å². The third-order valence-corrected chi connectivity index (χ3v) is 3.58. The average molecular weight is 515 g/mol. The Morgan fingerprint density at radius 2 is 0.676 bits per heavy atom. The number of benzene rings is 2. The first-order valence-electron chi connectivity index (χ1n) is 14.7. The van der Waals surface area contributed by atoms with E-state index < -0.39 is 0 Å². The van der Waals surface area contributed by atoms with Crippen molar-refractivity contribution in [1.29, 1.82) is 0 Å². The molecule has 37 heavy (non-hydrogen) atoms. The molecule has 0 spiro atoms. The Morgan fingerprint density at radius 3 is 0.919 bits per heavy atom. The molecule has 2 aromatic carbocycles. The van der Waals surface area contributed by atoms with Gasteiger partial charge in [-0.1, -0.05) is 185 Å². The van der Waals surface area contributed by atoms with Crippen LogP contribution in [0.5, 0.6) is 0 Å². The summed E-state index contributed by atoms with van der Waals surface area (Å²) in [5.41, 5.74) is 4.74. The molecule has 0 heteroatoms. The largest absolute Gasteiger partial charge is 0.0683 e. The smallest absolute Gasteiger partial charge is 0.0230 e. The fourth-order valence-corrected chi connectivity index (χ4v) is 2.37. The van der Waals surface area contributed by atoms with E-state index in [2.05, 4.69) is 158 Å². The third-order valence-electron chi connectivity index (χ3n) is 3.58. The minimum atomic E-state index is 0.404. The second-order valence-electron chi connectivity index (χ2n) is 14.8. The Morgan fingerprint density at radius 1 is 0.405 bits per heavy atom. The maximum absolute atomic E-state index is 2.29. The van der Waals surface area contributed by atoms with Crippen molar-refractivity contribution in [3.8, 4) is 0 Å². The second-order valence-corrected chi connectivity index (χ2v) is 14.8. The molecule has 218 valence electrons. The highest BCUT2D eigenvalue weighted by molar-refractivity contribution is 5.16. The van der Waals surface area contributed by atoms with E-state index in [1.165, 1.54) is 24.0 Å². The van der Waals surface area contributed by atoms with Gasteiger partial charge in [0.15, 0.2) is 0 Å². The summed E-state index contributed by atoms with van der Waals surface area (Å²) < 4.78 is 0. The van der Waals surface area contributed by atoms with Gasteiger partial charge in [-0.15, -0.1) is 0 Å². The Hall–Kier alpha value is -1.56. The summed E-state index contributed by atoms with van der Waals surface area (Å²) in [5, 5.41) is 0. The zero-order valence-corrected chi connectivity index (χ0v) is 28.9. The summed E-state index contributed by atoms with van der Waals surface area (Å²) in [5.74, 6) is 0. The summed E-state index contributed by atoms with van der Waals surface area (Å²) in [4.78, 5) is 0. The maximum Gasteiger partial charge on any atom is -0.0230 e. The van der Waals surface area contributed by atoms with Crippen molar-refractivity contribution in [3.63, 3.8) is 0 Å². The molecule has 0 fully saturated rings. The molecule has 0 bridgehead atoms. The summed E-state index contributed by atoms with van der Waals surface area (Å²) in [6.07, 6.45) is 3.62. The normalized spacial score (nSPS) is 10.8. The van der Waals surface area contributed by atoms with Crippen LogP contribution in [-0.4, -0.2) is 0 Å². The van der Waals surface area contributed by atoms with Crippen LogP contribution in [0.25, 0.3) is 0 Å². The van der Waals surface area contributed by atoms with Crippen molar-refractivity contribution in [2.45, 2.75) is 144 Å². The molecule has 0 nitrogen and oxygen atoms in total. The van der Waals surface area contributed by atoms with Crippen molar-refractivity contribution >= 4 is 0 Å². The molecule has 0 aliphatic carbocycles. The molecular formula is C37H70. The fraction of sp³-hybridized carbons (Fsp3) is 0.676. The van der Waals surface area contributed by atoms with E-state index in [-0.39, 0.29) is 0 Å². The highest BCUT2D eigenvalue weighted by Crippen LogP contribution is 2.21. The van der Waals surface area contributed by atoms with Gasteiger partial charge in [0.2, 0.25) is 0 Å². The monoisotopic (exact) mass is 515 g/mol. The van der Waals surface area contributed by atoms with Gasteiger partial charge in [-0.05, 0) is 52.0 Å². The van der Waals surface area contributed by atoms with Gasteiger partial charge >= 0.3 is 0 Å². The zero-order chi connectivity index (χ0) is 30.3. The van der Waals surface area contributed by atoms with Gasteiger partial charge in [-0.3, -0.25) is 0 Å². The summed E-state index contributed by atoms with van der Waals surface area (Å²) in [6.45, 7) is 39.2. The fourth-order valence-electron chi connectivity index (χ4n) is 2.37. The van der Waals surface area contributed by atoms with Crippen LogP contribution in [0.1, 0.15) is 142 Å². The third kappa shape index (κ3) is 56.0. The second kappa shape index (κ2) is 22.4. The van der Waals surface area contributed by atoms with Crippen LogP contribution in [0.4, 0.5) is 0 Å². The molecule has 0 heterocycles. The average Bonchev–Trinajstić information content (AvgIpc) is 2.73. The Balaban J connectivity index is -0.000000200. The predicted octanol–water partition coefficient (Wildman–Crippen LogP) is 13.1. The molecule has 0 aromatic heterocycles. The van der Waals surface area contributed by atoms with E-state index >= 15 is 0 Å². The minimum absolute atomic E-state index is 0.404. The molecule has 2 aromatic rings. The highest BCUT2D eigenvalue weighted by atomic mass is 14.2. The van der Waals surface area contributed by atoms with Crippen molar-refractivity contribution in [2.75, 3.05) is 0 Å². The highest BCUT2D eigenvalue weighted by Gasteiger charge is 2.10. The molecule has 0 atom stereocenters. The molecule has 0 aliphatic heterocycles. The minimum Gasteiger partial charge on any atom is -0.0683 e. The number of hydrogen-bond acceptors (Lipinski definition) is 0. The molecule has 0 N–H and O–H groups in total. The van der Waals surface area contributed by atoms with Gasteiger partial charge in [0.25, 0.3) is 0 Å². The van der Waals surface area contributed by atoms with Crippen LogP contribution in [0, 0.1) is 21.7 Å². The number of aryl methyl sites for hydroxylation is 1. The van der Waals surface area contributed by atoms with Gasteiger partial charge < -0.3 is 0 Å². The first kappa shape index (κ1) is 42.5. The van der Waals surface area contributed by atoms with Gasteiger partial charge in [0.05, 0.1) is 0 Å². The molecule has 0 saturated heterocycles. The summed E-state index contributed by atoms with van der Waals surface area (Å²) in [6, 6.07) is 21.3. The van der Waals surface area contributed by atoms with Crippen molar-refractivity contribution in [2.24, 2.45) is 21.7 Å². The molecule has 2 rings (SSSR count). The van der Waals surface area contributed by atoms with Crippen LogP contribution >= 0.6 is 0 Å². The lowest BCUT2D eigenvalue weighted by Crippen LogP contribution is -2.08. The van der Waals surface area contributed by atoms with Crippen molar-refractivity contribution in [1.82, 2.24) is 0 Å². The Kier molecular flexibility index (Phi) is 25.8. The van der Waals surface area contributed by atoms with Crippen LogP contribution in [0.3, 0.4) is 0 Å². The molecule has 0 unspecified atom stereocenters. The lowest BCUT2D eigenvalue weighted by atomic mass is 9.88. The van der Waals surface area contributed by atoms with E-state index in [0.29, 0.717) is 21.7 Å². The quantitative estimate of drug-likeness (QED) is 0.382. The molecular weight excluding hydrogens is 444 g/mol. The molecule has 0 amide bonds. The van der Waals surface area contributed by atoms with Crippen LogP contribution in [-0.2, 0) is 12.8 Å². The summed E-state index contributed by atoms with van der Waals surface area (Å²) >= 11 is 0. The topological polar surface area (TPSA) is 0 Å². The van der Waals surface area contributed by atoms with E-state index in [4.69, 9.17) is 0 Å². The predicted molar refractivity (Wildman–Crippen MR) is 177 cm³/mol. The van der Waals surface area contributed by atoms with Gasteiger partial charge in [0.1, 0.15) is 0 Å². The summed E-state index contributed by atoms with van der Waals surface area (Å²) in [7, 11) is 0. The molecule has 0 aliphatic rings. The first-order chi connectivity index (χ1) is 16.7. The number of hydrogen-bond donors (Lipinski definition) is 0. The van der Waals surface area contributed by atoms with E-state index in [0.717, 1.165) is 6.42 Å². The van der Waals surface area contributed by atoms with Crippen LogP contribution < -0.4 is 0 Å². The van der Waals surface area contributed by atoms with Crippen molar-refractivity contribution < 1.29 is 0 Å². The van der Waals surface area contributed by atoms with E-state index in [1.54, 1.807) is 0 Å². The Labute approximate surface area is 237 Å². The SMILES string of the molecule is CC.CC.CC(C)(C)C.CC(C)(C)C.CC(C)(C)CCc1ccccc1.CC(C)(C)Cc1ccccc1. The molecule has 0 radical (unpaired) electrons. The van der Waals surface area contributed by atoms with Crippen molar-refractivity contribution in [3.05, 3.63) is 71.8 Å². The first-order valence-corrected chi connectivity index (χ1v) is 14.7. The lowest BCUT2D eigenvalue weighted by Gasteiger charge is -2.17. The van der Waals surface area contributed by atoms with E-state index in [9.17, 15) is 0 Å². The lowest BCUT2D eigenvalue weighted by molar-refractivity contribution is 0.378. The van der Waals surface area contributed by atoms with Crippen LogP contribution in [0.15, 0.2) is 60.7 Å². The number of rotatable bonds is 3. The van der Waals surface area contributed by atoms with E-state index in [1.807, 2.05) is 27.7 Å². The molecule has 0 saturated carbocycles. The maximum atomic E-state index is 2.29. The Bertz CT molecular complexity index is 656. The van der Waals surface area contributed by atoms with Gasteiger partial charge in [-0.25, -0.2) is 0 Å².